The molecule has 1 aromatic heterocycles. The van der Waals surface area contributed by atoms with Crippen LogP contribution in [0.3, 0.4) is 0 Å². The van der Waals surface area contributed by atoms with E-state index in [1.807, 2.05) is 12.1 Å². The molecule has 1 amide bonds. The molecule has 11 heteroatoms. The minimum atomic E-state index is -4.75. The van der Waals surface area contributed by atoms with Gasteiger partial charge in [-0.15, -0.1) is 13.2 Å². The van der Waals surface area contributed by atoms with Crippen molar-refractivity contribution in [1.82, 2.24) is 9.97 Å². The van der Waals surface area contributed by atoms with E-state index in [1.54, 1.807) is 18.3 Å². The lowest BCUT2D eigenvalue weighted by molar-refractivity contribution is -0.274. The van der Waals surface area contributed by atoms with E-state index in [2.05, 4.69) is 46.6 Å². The zero-order chi connectivity index (χ0) is 22.0. The number of nitrogens with one attached hydrogen (secondary N) is 3. The highest BCUT2D eigenvalue weighted by atomic mass is 79.9. The first-order chi connectivity index (χ1) is 14.7. The molecular formula is C20H15BrF3N5O2. The molecule has 1 aliphatic heterocycles. The molecule has 0 aliphatic carbocycles. The van der Waals surface area contributed by atoms with Gasteiger partial charge in [0.1, 0.15) is 11.6 Å². The third kappa shape index (κ3) is 5.43. The predicted molar refractivity (Wildman–Crippen MR) is 112 cm³/mol. The van der Waals surface area contributed by atoms with E-state index in [-0.39, 0.29) is 18.2 Å². The second kappa shape index (κ2) is 8.42. The third-order valence-electron chi connectivity index (χ3n) is 4.33. The Hall–Kier alpha value is -3.34. The Bertz CT molecular complexity index is 1140. The molecule has 160 valence electrons. The fourth-order valence-corrected chi connectivity index (χ4v) is 3.34. The summed E-state index contributed by atoms with van der Waals surface area (Å²) in [4.78, 5) is 20.1. The molecule has 2 heterocycles. The van der Waals surface area contributed by atoms with E-state index in [1.165, 1.54) is 18.2 Å². The second-order valence-electron chi connectivity index (χ2n) is 6.66. The van der Waals surface area contributed by atoms with Gasteiger partial charge in [-0.3, -0.25) is 4.79 Å². The lowest BCUT2D eigenvalue weighted by atomic mass is 10.1. The van der Waals surface area contributed by atoms with E-state index in [9.17, 15) is 18.0 Å². The largest absolute Gasteiger partial charge is 0.573 e. The molecule has 3 N–H and O–H groups in total. The number of aromatic nitrogens is 2. The van der Waals surface area contributed by atoms with Crippen LogP contribution in [0.25, 0.3) is 0 Å². The molecule has 2 aromatic carbocycles. The summed E-state index contributed by atoms with van der Waals surface area (Å²) in [7, 11) is 0. The highest BCUT2D eigenvalue weighted by molar-refractivity contribution is 9.10. The number of fused-ring (bicyclic) bond motifs is 1. The molecule has 0 bridgehead atoms. The van der Waals surface area contributed by atoms with Crippen LogP contribution in [0.5, 0.6) is 5.75 Å². The topological polar surface area (TPSA) is 88.2 Å². The second-order valence-corrected chi connectivity index (χ2v) is 7.52. The SMILES string of the molecule is O=C1Cc2ccc(Nc3ncc(Br)c(NCc4cccc(OC(F)(F)F)c4)n3)cc2N1. The van der Waals surface area contributed by atoms with Crippen molar-refractivity contribution >= 4 is 45.0 Å². The van der Waals surface area contributed by atoms with Gasteiger partial charge in [0.05, 0.1) is 10.9 Å². The first-order valence-electron chi connectivity index (χ1n) is 9.06. The summed E-state index contributed by atoms with van der Waals surface area (Å²) in [5.41, 5.74) is 2.94. The quantitative estimate of drug-likeness (QED) is 0.448. The maximum absolute atomic E-state index is 12.4. The molecule has 0 unspecified atom stereocenters. The van der Waals surface area contributed by atoms with E-state index < -0.39 is 6.36 Å². The number of amides is 1. The predicted octanol–water partition coefficient (Wildman–Crippen LogP) is 4.99. The Labute approximate surface area is 183 Å². The smallest absolute Gasteiger partial charge is 0.406 e. The normalized spacial score (nSPS) is 12.8. The van der Waals surface area contributed by atoms with Gasteiger partial charge >= 0.3 is 6.36 Å². The third-order valence-corrected chi connectivity index (χ3v) is 4.91. The fraction of sp³-hybridized carbons (Fsp3) is 0.150. The van der Waals surface area contributed by atoms with Crippen molar-refractivity contribution < 1.29 is 22.7 Å². The molecular weight excluding hydrogens is 479 g/mol. The van der Waals surface area contributed by atoms with Gasteiger partial charge < -0.3 is 20.7 Å². The van der Waals surface area contributed by atoms with Crippen molar-refractivity contribution in [3.05, 3.63) is 64.3 Å². The number of benzene rings is 2. The van der Waals surface area contributed by atoms with Crippen molar-refractivity contribution in [2.24, 2.45) is 0 Å². The van der Waals surface area contributed by atoms with Gasteiger partial charge in [0, 0.05) is 24.1 Å². The fourth-order valence-electron chi connectivity index (χ4n) is 3.01. The lowest BCUT2D eigenvalue weighted by Gasteiger charge is -2.12. The molecule has 3 aromatic rings. The summed E-state index contributed by atoms with van der Waals surface area (Å²) in [6.45, 7) is 0.217. The molecule has 1 aliphatic rings. The Kier molecular flexibility index (Phi) is 5.68. The molecule has 4 rings (SSSR count). The van der Waals surface area contributed by atoms with Crippen molar-refractivity contribution in [1.29, 1.82) is 0 Å². The number of hydrogen-bond acceptors (Lipinski definition) is 6. The summed E-state index contributed by atoms with van der Waals surface area (Å²) in [6, 6.07) is 11.2. The Morgan fingerprint density at radius 1 is 1.19 bits per heavy atom. The summed E-state index contributed by atoms with van der Waals surface area (Å²) < 4.78 is 41.7. The monoisotopic (exact) mass is 493 g/mol. The van der Waals surface area contributed by atoms with Gasteiger partial charge in [-0.25, -0.2) is 4.98 Å². The number of alkyl halides is 3. The van der Waals surface area contributed by atoms with Crippen LogP contribution in [0.1, 0.15) is 11.1 Å². The average Bonchev–Trinajstić information content (AvgIpc) is 3.06. The maximum Gasteiger partial charge on any atom is 0.573 e. The van der Waals surface area contributed by atoms with E-state index in [0.717, 1.165) is 11.3 Å². The number of carbonyl (C=O) groups is 1. The summed E-state index contributed by atoms with van der Waals surface area (Å²) in [5, 5.41) is 8.91. The van der Waals surface area contributed by atoms with Gasteiger partial charge in [0.25, 0.3) is 0 Å². The number of anilines is 4. The first kappa shape index (κ1) is 20.9. The lowest BCUT2D eigenvalue weighted by Crippen LogP contribution is -2.17. The minimum absolute atomic E-state index is 0.0526. The van der Waals surface area contributed by atoms with Crippen LogP contribution >= 0.6 is 15.9 Å². The van der Waals surface area contributed by atoms with E-state index in [4.69, 9.17) is 0 Å². The number of nitrogens with zero attached hydrogens (tertiary/aromatic N) is 2. The van der Waals surface area contributed by atoms with Crippen molar-refractivity contribution in [3.63, 3.8) is 0 Å². The number of hydrogen-bond donors (Lipinski definition) is 3. The molecule has 0 atom stereocenters. The van der Waals surface area contributed by atoms with Crippen molar-refractivity contribution in [2.75, 3.05) is 16.0 Å². The highest BCUT2D eigenvalue weighted by Crippen LogP contribution is 2.29. The number of ether oxygens (including phenoxy) is 1. The summed E-state index contributed by atoms with van der Waals surface area (Å²) in [5.74, 6) is 0.418. The first-order valence-corrected chi connectivity index (χ1v) is 9.85. The van der Waals surface area contributed by atoms with Crippen LogP contribution < -0.4 is 20.7 Å². The van der Waals surface area contributed by atoms with E-state index >= 15 is 0 Å². The Morgan fingerprint density at radius 2 is 2.03 bits per heavy atom. The van der Waals surface area contributed by atoms with Gasteiger partial charge in [0.15, 0.2) is 0 Å². The molecule has 0 saturated heterocycles. The number of carbonyl (C=O) groups excluding carboxylic acids is 1. The zero-order valence-electron chi connectivity index (χ0n) is 15.8. The highest BCUT2D eigenvalue weighted by Gasteiger charge is 2.31. The molecule has 0 radical (unpaired) electrons. The van der Waals surface area contributed by atoms with Crippen LogP contribution in [0, 0.1) is 0 Å². The van der Waals surface area contributed by atoms with Gasteiger partial charge in [-0.1, -0.05) is 18.2 Å². The molecule has 31 heavy (non-hydrogen) atoms. The summed E-state index contributed by atoms with van der Waals surface area (Å²) in [6.07, 6.45) is -2.84. The van der Waals surface area contributed by atoms with Crippen molar-refractivity contribution in [2.45, 2.75) is 19.3 Å². The number of rotatable bonds is 6. The Balaban J connectivity index is 1.45. The average molecular weight is 494 g/mol. The molecule has 0 spiro atoms. The van der Waals surface area contributed by atoms with Crippen LogP contribution in [0.15, 0.2) is 53.1 Å². The van der Waals surface area contributed by atoms with Gasteiger partial charge in [0.2, 0.25) is 11.9 Å². The van der Waals surface area contributed by atoms with Gasteiger partial charge in [-0.05, 0) is 51.3 Å². The zero-order valence-corrected chi connectivity index (χ0v) is 17.3. The van der Waals surface area contributed by atoms with Crippen LogP contribution in [-0.2, 0) is 17.8 Å². The molecule has 0 saturated carbocycles. The molecule has 0 fully saturated rings. The van der Waals surface area contributed by atoms with Crippen LogP contribution in [0.2, 0.25) is 0 Å². The Morgan fingerprint density at radius 3 is 2.84 bits per heavy atom. The van der Waals surface area contributed by atoms with Crippen LogP contribution in [-0.4, -0.2) is 22.2 Å². The minimum Gasteiger partial charge on any atom is -0.406 e. The van der Waals surface area contributed by atoms with Gasteiger partial charge in [-0.2, -0.15) is 4.98 Å². The summed E-state index contributed by atoms with van der Waals surface area (Å²) >= 11 is 3.35. The van der Waals surface area contributed by atoms with Crippen LogP contribution in [0.4, 0.5) is 36.3 Å². The number of halogens is 4. The maximum atomic E-state index is 12.4. The standard InChI is InChI=1S/C20H15BrF3N5O2/c21-15-10-26-19(27-13-5-4-12-7-17(30)28-16(12)8-13)29-18(15)25-9-11-2-1-3-14(6-11)31-20(22,23)24/h1-6,8,10H,7,9H2,(H,28,30)(H2,25,26,27,29). The van der Waals surface area contributed by atoms with E-state index in [0.29, 0.717) is 33.9 Å². The molecule has 7 nitrogen and oxygen atoms in total. The van der Waals surface area contributed by atoms with Crippen molar-refractivity contribution in [3.8, 4) is 5.75 Å².